The molecule has 6 heteroatoms. The van der Waals surface area contributed by atoms with Gasteiger partial charge in [0.25, 0.3) is 0 Å². The Hall–Kier alpha value is -1.40. The van der Waals surface area contributed by atoms with Crippen molar-refractivity contribution in [3.63, 3.8) is 0 Å². The molecule has 1 unspecified atom stereocenters. The summed E-state index contributed by atoms with van der Waals surface area (Å²) in [5.74, 6) is -1.29. The Morgan fingerprint density at radius 1 is 1.37 bits per heavy atom. The summed E-state index contributed by atoms with van der Waals surface area (Å²) in [6.45, 7) is 1.85. The summed E-state index contributed by atoms with van der Waals surface area (Å²) in [5, 5.41) is 11.3. The molecule has 19 heavy (non-hydrogen) atoms. The number of amides is 1. The fourth-order valence-electron chi connectivity index (χ4n) is 1.57. The number of hydrogen-bond acceptors (Lipinski definition) is 3. The average Bonchev–Trinajstić information content (AvgIpc) is 2.36. The van der Waals surface area contributed by atoms with Gasteiger partial charge in [0.15, 0.2) is 0 Å². The van der Waals surface area contributed by atoms with E-state index >= 15 is 0 Å². The number of carboxylic acids is 1. The third-order valence-electron chi connectivity index (χ3n) is 2.73. The molecule has 1 aromatic carbocycles. The van der Waals surface area contributed by atoms with Crippen LogP contribution in [0.1, 0.15) is 31.4 Å². The molecule has 0 bridgehead atoms. The summed E-state index contributed by atoms with van der Waals surface area (Å²) in [5.41, 5.74) is 6.59. The Morgan fingerprint density at radius 3 is 2.47 bits per heavy atom. The number of aliphatic carboxylic acids is 1. The fourth-order valence-corrected chi connectivity index (χ4v) is 1.83. The zero-order valence-electron chi connectivity index (χ0n) is 10.6. The molecule has 1 aromatic rings. The van der Waals surface area contributed by atoms with Crippen LogP contribution in [-0.2, 0) is 9.59 Å². The molecule has 0 heterocycles. The molecule has 104 valence electrons. The lowest BCUT2D eigenvalue weighted by atomic mass is 10.1. The summed E-state index contributed by atoms with van der Waals surface area (Å²) >= 11 is 3.34. The highest BCUT2D eigenvalue weighted by Gasteiger charge is 2.17. The van der Waals surface area contributed by atoms with E-state index in [1.165, 1.54) is 0 Å². The molecule has 0 aliphatic heterocycles. The number of rotatable bonds is 6. The lowest BCUT2D eigenvalue weighted by Gasteiger charge is -2.17. The van der Waals surface area contributed by atoms with Crippen LogP contribution in [0.5, 0.6) is 0 Å². The predicted molar refractivity (Wildman–Crippen MR) is 75.5 cm³/mol. The first-order valence-electron chi connectivity index (χ1n) is 5.93. The molecule has 4 N–H and O–H groups in total. The van der Waals surface area contributed by atoms with Crippen LogP contribution in [0.25, 0.3) is 0 Å². The number of nitrogens with two attached hydrogens (primary N) is 1. The quantitative estimate of drug-likeness (QED) is 0.742. The van der Waals surface area contributed by atoms with Crippen molar-refractivity contribution in [1.82, 2.24) is 5.32 Å². The van der Waals surface area contributed by atoms with E-state index in [9.17, 15) is 9.59 Å². The number of hydrogen-bond donors (Lipinski definition) is 3. The summed E-state index contributed by atoms with van der Waals surface area (Å²) in [6, 6.07) is 6.62. The third kappa shape index (κ3) is 5.40. The number of halogens is 1. The van der Waals surface area contributed by atoms with E-state index < -0.39 is 12.0 Å². The minimum absolute atomic E-state index is 0.110. The highest BCUT2D eigenvalue weighted by atomic mass is 79.9. The van der Waals surface area contributed by atoms with Crippen molar-refractivity contribution in [3.05, 3.63) is 34.3 Å². The third-order valence-corrected chi connectivity index (χ3v) is 3.26. The second-order valence-electron chi connectivity index (χ2n) is 4.32. The van der Waals surface area contributed by atoms with Gasteiger partial charge >= 0.3 is 5.97 Å². The van der Waals surface area contributed by atoms with Crippen LogP contribution >= 0.6 is 15.9 Å². The minimum Gasteiger partial charge on any atom is -0.481 e. The summed E-state index contributed by atoms with van der Waals surface area (Å²) in [4.78, 5) is 22.2. The molecule has 0 saturated heterocycles. The first-order valence-corrected chi connectivity index (χ1v) is 6.72. The maximum Gasteiger partial charge on any atom is 0.303 e. The second-order valence-corrected chi connectivity index (χ2v) is 5.24. The number of carbonyl (C=O) groups excluding carboxylic acids is 1. The largest absolute Gasteiger partial charge is 0.481 e. The molecule has 0 spiro atoms. The first kappa shape index (κ1) is 15.7. The van der Waals surface area contributed by atoms with Gasteiger partial charge in [-0.15, -0.1) is 0 Å². The standard InChI is InChI=1S/C13H17BrN2O3/c1-8(9-2-4-10(14)5-3-9)16-13(19)11(15)6-7-12(17)18/h2-5,8,11H,6-7,15H2,1H3,(H,16,19)(H,17,18)/t8-,11?/m0/s1. The smallest absolute Gasteiger partial charge is 0.303 e. The number of carboxylic acid groups (broad SMARTS) is 1. The van der Waals surface area contributed by atoms with Crippen molar-refractivity contribution in [3.8, 4) is 0 Å². The number of benzene rings is 1. The van der Waals surface area contributed by atoms with E-state index in [1.54, 1.807) is 0 Å². The van der Waals surface area contributed by atoms with Gasteiger partial charge < -0.3 is 16.2 Å². The summed E-state index contributed by atoms with van der Waals surface area (Å²) in [7, 11) is 0. The zero-order valence-corrected chi connectivity index (χ0v) is 12.2. The fraction of sp³-hybridized carbons (Fsp3) is 0.385. The normalized spacial score (nSPS) is 13.6. The van der Waals surface area contributed by atoms with Crippen molar-refractivity contribution in [2.45, 2.75) is 31.8 Å². The highest BCUT2D eigenvalue weighted by molar-refractivity contribution is 9.10. The van der Waals surface area contributed by atoms with Crippen molar-refractivity contribution in [2.75, 3.05) is 0 Å². The SMILES string of the molecule is C[C@H](NC(=O)C(N)CCC(=O)O)c1ccc(Br)cc1. The number of carbonyl (C=O) groups is 2. The lowest BCUT2D eigenvalue weighted by molar-refractivity contribution is -0.137. The van der Waals surface area contributed by atoms with Gasteiger partial charge in [-0.05, 0) is 31.0 Å². The van der Waals surface area contributed by atoms with Gasteiger partial charge in [-0.1, -0.05) is 28.1 Å². The molecule has 0 aliphatic rings. The van der Waals surface area contributed by atoms with Crippen LogP contribution in [0.3, 0.4) is 0 Å². The van der Waals surface area contributed by atoms with Gasteiger partial charge in [0.1, 0.15) is 0 Å². The summed E-state index contributed by atoms with van der Waals surface area (Å²) < 4.78 is 0.966. The predicted octanol–water partition coefficient (Wildman–Crippen LogP) is 1.82. The Kier molecular flexibility index (Phi) is 5.98. The minimum atomic E-state index is -0.954. The van der Waals surface area contributed by atoms with Crippen LogP contribution in [0.4, 0.5) is 0 Å². The van der Waals surface area contributed by atoms with Crippen molar-refractivity contribution >= 4 is 27.8 Å². The van der Waals surface area contributed by atoms with E-state index in [-0.39, 0.29) is 24.8 Å². The van der Waals surface area contributed by atoms with Gasteiger partial charge in [0.05, 0.1) is 12.1 Å². The van der Waals surface area contributed by atoms with Gasteiger partial charge in [0, 0.05) is 10.9 Å². The van der Waals surface area contributed by atoms with Gasteiger partial charge in [-0.25, -0.2) is 0 Å². The van der Waals surface area contributed by atoms with Crippen molar-refractivity contribution < 1.29 is 14.7 Å². The Bertz CT molecular complexity index is 448. The number of nitrogens with one attached hydrogen (secondary N) is 1. The Labute approximate surface area is 120 Å². The maximum atomic E-state index is 11.8. The van der Waals surface area contributed by atoms with Gasteiger partial charge in [-0.2, -0.15) is 0 Å². The monoisotopic (exact) mass is 328 g/mol. The molecule has 0 saturated carbocycles. The topological polar surface area (TPSA) is 92.4 Å². The van der Waals surface area contributed by atoms with E-state index in [1.807, 2.05) is 31.2 Å². The van der Waals surface area contributed by atoms with E-state index in [0.717, 1.165) is 10.0 Å². The van der Waals surface area contributed by atoms with Crippen molar-refractivity contribution in [1.29, 1.82) is 0 Å². The van der Waals surface area contributed by atoms with Crippen LogP contribution in [0.15, 0.2) is 28.7 Å². The van der Waals surface area contributed by atoms with Crippen molar-refractivity contribution in [2.24, 2.45) is 5.73 Å². The molecular formula is C13H17BrN2O3. The molecule has 0 aromatic heterocycles. The van der Waals surface area contributed by atoms with Crippen LogP contribution < -0.4 is 11.1 Å². The molecular weight excluding hydrogens is 312 g/mol. The van der Waals surface area contributed by atoms with E-state index in [4.69, 9.17) is 10.8 Å². The highest BCUT2D eigenvalue weighted by Crippen LogP contribution is 2.16. The summed E-state index contributed by atoms with van der Waals surface area (Å²) in [6.07, 6.45) is 0.0233. The van der Waals surface area contributed by atoms with Crippen LogP contribution in [0, 0.1) is 0 Å². The average molecular weight is 329 g/mol. The molecule has 1 amide bonds. The Morgan fingerprint density at radius 2 is 1.95 bits per heavy atom. The van der Waals surface area contributed by atoms with E-state index in [0.29, 0.717) is 0 Å². The molecule has 0 aliphatic carbocycles. The van der Waals surface area contributed by atoms with Gasteiger partial charge in [-0.3, -0.25) is 9.59 Å². The lowest BCUT2D eigenvalue weighted by Crippen LogP contribution is -2.41. The van der Waals surface area contributed by atoms with Gasteiger partial charge in [0.2, 0.25) is 5.91 Å². The maximum absolute atomic E-state index is 11.8. The molecule has 0 fully saturated rings. The zero-order chi connectivity index (χ0) is 14.4. The van der Waals surface area contributed by atoms with E-state index in [2.05, 4.69) is 21.2 Å². The molecule has 1 rings (SSSR count). The van der Waals surface area contributed by atoms with Crippen LogP contribution in [0.2, 0.25) is 0 Å². The molecule has 5 nitrogen and oxygen atoms in total. The van der Waals surface area contributed by atoms with Crippen LogP contribution in [-0.4, -0.2) is 23.0 Å². The molecule has 2 atom stereocenters. The Balaban J connectivity index is 2.51. The second kappa shape index (κ2) is 7.25. The molecule has 0 radical (unpaired) electrons. The first-order chi connectivity index (χ1) is 8.90.